The van der Waals surface area contributed by atoms with Gasteiger partial charge in [0.1, 0.15) is 83.3 Å². The maximum absolute atomic E-state index is 13.4. The van der Waals surface area contributed by atoms with Crippen molar-refractivity contribution in [1.82, 2.24) is 0 Å². The number of fused-ring (bicyclic) bond motifs is 1. The first-order chi connectivity index (χ1) is 19.0. The fourth-order valence-electron chi connectivity index (χ4n) is 5.11. The van der Waals surface area contributed by atoms with Crippen molar-refractivity contribution in [2.24, 2.45) is 0 Å². The van der Waals surface area contributed by atoms with Crippen molar-refractivity contribution < 1.29 is 65.0 Å². The average molecular weight is 564 g/mol. The highest BCUT2D eigenvalue weighted by Gasteiger charge is 2.48. The molecule has 216 valence electrons. The lowest BCUT2D eigenvalue weighted by molar-refractivity contribution is -0.232. The molecule has 14 nitrogen and oxygen atoms in total. The summed E-state index contributed by atoms with van der Waals surface area (Å²) in [5.41, 5.74) is -2.15. The van der Waals surface area contributed by atoms with Crippen LogP contribution in [0.25, 0.3) is 22.3 Å². The van der Waals surface area contributed by atoms with Gasteiger partial charge in [-0.05, 0) is 24.3 Å². The molecule has 3 aromatic rings. The molecule has 40 heavy (non-hydrogen) atoms. The molecule has 2 aliphatic heterocycles. The van der Waals surface area contributed by atoms with Gasteiger partial charge in [0.2, 0.25) is 0 Å². The van der Waals surface area contributed by atoms with Gasteiger partial charge in [-0.25, -0.2) is 0 Å². The van der Waals surface area contributed by atoms with Crippen LogP contribution in [0.4, 0.5) is 0 Å². The minimum atomic E-state index is -1.98. The Balaban J connectivity index is 1.80. The second kappa shape index (κ2) is 10.6. The first-order valence-electron chi connectivity index (χ1n) is 12.3. The molecule has 0 unspecified atom stereocenters. The molecule has 14 heteroatoms. The molecule has 0 saturated carbocycles. The number of ether oxygens (including phenoxy) is 2. The van der Waals surface area contributed by atoms with Gasteiger partial charge in [-0.2, -0.15) is 0 Å². The number of hydrogen-bond donors (Lipinski definition) is 10. The third kappa shape index (κ3) is 4.49. The van der Waals surface area contributed by atoms with Gasteiger partial charge in [0.05, 0.1) is 24.3 Å². The van der Waals surface area contributed by atoms with E-state index >= 15 is 0 Å². The second-order valence-corrected chi connectivity index (χ2v) is 9.80. The van der Waals surface area contributed by atoms with Crippen LogP contribution in [0, 0.1) is 0 Å². The van der Waals surface area contributed by atoms with E-state index < -0.39 is 107 Å². The minimum Gasteiger partial charge on any atom is -0.508 e. The molecule has 2 fully saturated rings. The number of rotatable bonds is 4. The lowest BCUT2D eigenvalue weighted by Crippen LogP contribution is -2.55. The highest BCUT2D eigenvalue weighted by molar-refractivity contribution is 5.92. The standard InChI is InChI=1S/C26H28O14/c27-6-13-18(32)21(35)23(37)26(40-13)15-19(33)14-10(29)5-12(8-1-3-9(28)4-2-8)39-24(14)16(20(15)34)25-22(36)17(31)11(30)7-38-25/h1-5,11,13,17-18,21-23,25-28,30-37H,6-7H2/t11-,13+,17-,18+,21-,22+,23+,25-,26+/m0/s1. The van der Waals surface area contributed by atoms with Gasteiger partial charge in [-0.1, -0.05) is 0 Å². The van der Waals surface area contributed by atoms with Crippen molar-refractivity contribution >= 4 is 11.0 Å². The van der Waals surface area contributed by atoms with Gasteiger partial charge in [-0.3, -0.25) is 4.79 Å². The van der Waals surface area contributed by atoms with Crippen LogP contribution in [-0.2, 0) is 9.47 Å². The Morgan fingerprint density at radius 3 is 2.08 bits per heavy atom. The van der Waals surface area contributed by atoms with Crippen molar-refractivity contribution in [2.75, 3.05) is 13.2 Å². The summed E-state index contributed by atoms with van der Waals surface area (Å²) in [6.07, 6.45) is -15.7. The van der Waals surface area contributed by atoms with E-state index in [1.54, 1.807) is 0 Å². The van der Waals surface area contributed by atoms with Gasteiger partial charge < -0.3 is 65.0 Å². The van der Waals surface area contributed by atoms with Crippen molar-refractivity contribution in [3.63, 3.8) is 0 Å². The van der Waals surface area contributed by atoms with E-state index in [1.807, 2.05) is 0 Å². The Hall–Kier alpha value is -3.31. The average Bonchev–Trinajstić information content (AvgIpc) is 2.92. The zero-order chi connectivity index (χ0) is 29.0. The van der Waals surface area contributed by atoms with E-state index in [4.69, 9.17) is 13.9 Å². The van der Waals surface area contributed by atoms with Gasteiger partial charge in [0, 0.05) is 11.6 Å². The van der Waals surface area contributed by atoms with E-state index in [0.717, 1.165) is 6.07 Å². The quantitative estimate of drug-likeness (QED) is 0.169. The lowest BCUT2D eigenvalue weighted by Gasteiger charge is -2.41. The fourth-order valence-corrected chi connectivity index (χ4v) is 5.11. The SMILES string of the molecule is O=c1cc(-c2ccc(O)cc2)oc2c([C@@H]3OC[C@H](O)[C@H](O)[C@H]3O)c(O)c([C@H]3O[C@H](CO)[C@@H](O)[C@H](O)[C@H]3O)c(O)c12. The summed E-state index contributed by atoms with van der Waals surface area (Å²) in [4.78, 5) is 13.4. The zero-order valence-corrected chi connectivity index (χ0v) is 20.6. The normalized spacial score (nSPS) is 32.8. The van der Waals surface area contributed by atoms with Crippen molar-refractivity contribution in [3.05, 3.63) is 51.7 Å². The van der Waals surface area contributed by atoms with Crippen molar-refractivity contribution in [2.45, 2.75) is 54.9 Å². The van der Waals surface area contributed by atoms with Crippen LogP contribution in [0.1, 0.15) is 23.3 Å². The molecule has 3 heterocycles. The Morgan fingerprint density at radius 2 is 1.43 bits per heavy atom. The zero-order valence-electron chi connectivity index (χ0n) is 20.6. The summed E-state index contributed by atoms with van der Waals surface area (Å²) in [5.74, 6) is -2.01. The predicted octanol–water partition coefficient (Wildman–Crippen LogP) is -1.75. The van der Waals surface area contributed by atoms with Crippen LogP contribution >= 0.6 is 0 Å². The van der Waals surface area contributed by atoms with Crippen LogP contribution in [-0.4, -0.2) is 107 Å². The molecule has 9 atom stereocenters. The van der Waals surface area contributed by atoms with E-state index in [2.05, 4.69) is 0 Å². The molecule has 0 aliphatic carbocycles. The van der Waals surface area contributed by atoms with Gasteiger partial charge in [0.25, 0.3) is 0 Å². The molecule has 0 spiro atoms. The van der Waals surface area contributed by atoms with Crippen molar-refractivity contribution in [3.8, 4) is 28.6 Å². The highest BCUT2D eigenvalue weighted by Crippen LogP contribution is 2.50. The molecule has 0 amide bonds. The smallest absolute Gasteiger partial charge is 0.197 e. The van der Waals surface area contributed by atoms with Gasteiger partial charge >= 0.3 is 0 Å². The van der Waals surface area contributed by atoms with Gasteiger partial charge in [-0.15, -0.1) is 0 Å². The molecule has 1 aromatic heterocycles. The number of benzene rings is 2. The van der Waals surface area contributed by atoms with Crippen LogP contribution in [0.3, 0.4) is 0 Å². The number of phenolic OH excluding ortho intramolecular Hbond substituents is 3. The fraction of sp³-hybridized carbons (Fsp3) is 0.423. The summed E-state index contributed by atoms with van der Waals surface area (Å²) in [7, 11) is 0. The summed E-state index contributed by atoms with van der Waals surface area (Å²) < 4.78 is 16.9. The van der Waals surface area contributed by atoms with E-state index in [-0.39, 0.29) is 11.5 Å². The molecule has 0 radical (unpaired) electrons. The molecule has 2 aromatic carbocycles. The molecule has 2 aliphatic rings. The Bertz CT molecular complexity index is 1450. The predicted molar refractivity (Wildman–Crippen MR) is 132 cm³/mol. The third-order valence-corrected chi connectivity index (χ3v) is 7.31. The molecule has 0 bridgehead atoms. The van der Waals surface area contributed by atoms with Crippen LogP contribution in [0.2, 0.25) is 0 Å². The minimum absolute atomic E-state index is 0.0710. The molecular formula is C26H28O14. The number of aliphatic hydroxyl groups is 7. The monoisotopic (exact) mass is 564 g/mol. The Kier molecular flexibility index (Phi) is 7.47. The summed E-state index contributed by atoms with van der Waals surface area (Å²) in [6.45, 7) is -1.34. The van der Waals surface area contributed by atoms with Crippen LogP contribution < -0.4 is 5.43 Å². The van der Waals surface area contributed by atoms with Crippen molar-refractivity contribution in [1.29, 1.82) is 0 Å². The third-order valence-electron chi connectivity index (χ3n) is 7.31. The van der Waals surface area contributed by atoms with E-state index in [9.17, 15) is 55.9 Å². The first kappa shape index (κ1) is 28.2. The van der Waals surface area contributed by atoms with Crippen LogP contribution in [0.5, 0.6) is 17.2 Å². The number of phenols is 3. The van der Waals surface area contributed by atoms with Gasteiger partial charge in [0.15, 0.2) is 11.0 Å². The number of aromatic hydroxyl groups is 3. The molecule has 5 rings (SSSR count). The van der Waals surface area contributed by atoms with Crippen LogP contribution in [0.15, 0.2) is 39.5 Å². The largest absolute Gasteiger partial charge is 0.508 e. The first-order valence-corrected chi connectivity index (χ1v) is 12.3. The van der Waals surface area contributed by atoms with E-state index in [1.165, 1.54) is 24.3 Å². The second-order valence-electron chi connectivity index (χ2n) is 9.80. The maximum atomic E-state index is 13.4. The summed E-state index contributed by atoms with van der Waals surface area (Å²) in [5, 5.41) is 104. The summed E-state index contributed by atoms with van der Waals surface area (Å²) in [6, 6.07) is 6.50. The molecule has 2 saturated heterocycles. The number of aliphatic hydroxyl groups excluding tert-OH is 7. The Labute approximate surface area is 224 Å². The Morgan fingerprint density at radius 1 is 0.775 bits per heavy atom. The topological polar surface area (TPSA) is 251 Å². The summed E-state index contributed by atoms with van der Waals surface area (Å²) >= 11 is 0. The molecule has 10 N–H and O–H groups in total. The van der Waals surface area contributed by atoms with E-state index in [0.29, 0.717) is 5.56 Å². The highest BCUT2D eigenvalue weighted by atomic mass is 16.5. The number of hydrogen-bond acceptors (Lipinski definition) is 14. The lowest BCUT2D eigenvalue weighted by atomic mass is 9.85. The maximum Gasteiger partial charge on any atom is 0.197 e. The molecular weight excluding hydrogens is 536 g/mol.